The van der Waals surface area contributed by atoms with Gasteiger partial charge in [0.05, 0.1) is 0 Å². The monoisotopic (exact) mass is 322 g/mol. The first-order valence-corrected chi connectivity index (χ1v) is 7.86. The highest BCUT2D eigenvalue weighted by atomic mass is 35.5. The molecule has 0 unspecified atom stereocenters. The summed E-state index contributed by atoms with van der Waals surface area (Å²) in [5, 5.41) is 5.93. The summed E-state index contributed by atoms with van der Waals surface area (Å²) in [7, 11) is 0. The normalized spacial score (nSPS) is 11.2. The highest BCUT2D eigenvalue weighted by molar-refractivity contribution is 6.38. The van der Waals surface area contributed by atoms with Crippen molar-refractivity contribution in [1.29, 1.82) is 0 Å². The molecule has 2 heteroatoms. The van der Waals surface area contributed by atoms with Gasteiger partial charge in [-0.05, 0) is 34.0 Å². The van der Waals surface area contributed by atoms with Crippen LogP contribution in [0.25, 0.3) is 32.7 Å². The Labute approximate surface area is 138 Å². The highest BCUT2D eigenvalue weighted by Gasteiger charge is 2.11. The van der Waals surface area contributed by atoms with E-state index in [1.54, 1.807) is 0 Å². The third-order valence-corrected chi connectivity index (χ3v) is 4.63. The number of hydrogen-bond donors (Lipinski definition) is 0. The molecule has 0 nitrogen and oxygen atoms in total. The lowest BCUT2D eigenvalue weighted by molar-refractivity contribution is 1.68. The van der Waals surface area contributed by atoms with E-state index in [0.29, 0.717) is 0 Å². The second kappa shape index (κ2) is 5.31. The largest absolute Gasteiger partial charge is 0.0836 e. The molecule has 0 fully saturated rings. The molecule has 0 radical (unpaired) electrons. The lowest BCUT2D eigenvalue weighted by Gasteiger charge is -2.12. The molecule has 0 bridgehead atoms. The molecule has 0 amide bonds. The van der Waals surface area contributed by atoms with E-state index in [9.17, 15) is 0 Å². The standard InChI is InChI=1S/C20H12Cl2/c21-17-11-3-7-13-5-1-9-15(19(13)17)16-10-2-6-14-8-4-12-18(22)20(14)16/h1-12H. The molecule has 0 aliphatic heterocycles. The van der Waals surface area contributed by atoms with Crippen molar-refractivity contribution < 1.29 is 0 Å². The van der Waals surface area contributed by atoms with Gasteiger partial charge in [-0.25, -0.2) is 0 Å². The number of hydrogen-bond acceptors (Lipinski definition) is 0. The van der Waals surface area contributed by atoms with Gasteiger partial charge in [0.2, 0.25) is 0 Å². The van der Waals surface area contributed by atoms with Crippen LogP contribution in [-0.2, 0) is 0 Å². The quantitative estimate of drug-likeness (QED) is 0.355. The molecule has 0 aromatic heterocycles. The average molecular weight is 323 g/mol. The number of rotatable bonds is 1. The smallest absolute Gasteiger partial charge is 0.0490 e. The topological polar surface area (TPSA) is 0 Å². The number of halogens is 2. The van der Waals surface area contributed by atoms with E-state index < -0.39 is 0 Å². The van der Waals surface area contributed by atoms with E-state index in [0.717, 1.165) is 42.7 Å². The summed E-state index contributed by atoms with van der Waals surface area (Å²) in [6, 6.07) is 24.5. The van der Waals surface area contributed by atoms with E-state index in [4.69, 9.17) is 23.2 Å². The summed E-state index contributed by atoms with van der Waals surface area (Å²) >= 11 is 12.9. The Morgan fingerprint density at radius 1 is 0.455 bits per heavy atom. The first-order valence-electron chi connectivity index (χ1n) is 7.10. The zero-order valence-corrected chi connectivity index (χ0v) is 13.2. The van der Waals surface area contributed by atoms with Gasteiger partial charge in [0.25, 0.3) is 0 Å². The third kappa shape index (κ3) is 2.08. The first-order chi connectivity index (χ1) is 10.8. The van der Waals surface area contributed by atoms with Gasteiger partial charge in [-0.15, -0.1) is 0 Å². The lowest BCUT2D eigenvalue weighted by atomic mass is 9.94. The maximum Gasteiger partial charge on any atom is 0.0490 e. The van der Waals surface area contributed by atoms with Crippen molar-refractivity contribution in [3.63, 3.8) is 0 Å². The fourth-order valence-corrected chi connectivity index (χ4v) is 3.61. The molecule has 0 spiro atoms. The average Bonchev–Trinajstić information content (AvgIpc) is 2.54. The predicted octanol–water partition coefficient (Wildman–Crippen LogP) is 6.97. The Kier molecular flexibility index (Phi) is 3.29. The molecule has 106 valence electrons. The summed E-state index contributed by atoms with van der Waals surface area (Å²) in [5.74, 6) is 0. The van der Waals surface area contributed by atoms with Crippen molar-refractivity contribution in [2.75, 3.05) is 0 Å². The summed E-state index contributed by atoms with van der Waals surface area (Å²) in [6.45, 7) is 0. The van der Waals surface area contributed by atoms with Crippen LogP contribution in [0.1, 0.15) is 0 Å². The van der Waals surface area contributed by atoms with E-state index in [-0.39, 0.29) is 0 Å². The number of fused-ring (bicyclic) bond motifs is 2. The fraction of sp³-hybridized carbons (Fsp3) is 0. The van der Waals surface area contributed by atoms with Crippen LogP contribution in [0.4, 0.5) is 0 Å². The SMILES string of the molecule is Clc1cccc2cccc(-c3cccc4cccc(Cl)c34)c12. The van der Waals surface area contributed by atoms with Gasteiger partial charge < -0.3 is 0 Å². The second-order valence-electron chi connectivity index (χ2n) is 5.29. The minimum absolute atomic E-state index is 0.761. The predicted molar refractivity (Wildman–Crippen MR) is 96.9 cm³/mol. The molecule has 22 heavy (non-hydrogen) atoms. The molecule has 0 atom stereocenters. The number of benzene rings is 4. The van der Waals surface area contributed by atoms with Gasteiger partial charge in [0.15, 0.2) is 0 Å². The van der Waals surface area contributed by atoms with E-state index in [2.05, 4.69) is 48.5 Å². The molecule has 0 heterocycles. The Morgan fingerprint density at radius 3 is 1.23 bits per heavy atom. The third-order valence-electron chi connectivity index (χ3n) is 4.00. The molecule has 0 aliphatic carbocycles. The van der Waals surface area contributed by atoms with Gasteiger partial charge >= 0.3 is 0 Å². The highest BCUT2D eigenvalue weighted by Crippen LogP contribution is 2.39. The van der Waals surface area contributed by atoms with Crippen molar-refractivity contribution in [2.24, 2.45) is 0 Å². The maximum atomic E-state index is 6.47. The maximum absolute atomic E-state index is 6.47. The zero-order valence-electron chi connectivity index (χ0n) is 11.7. The van der Waals surface area contributed by atoms with E-state index in [1.807, 2.05) is 24.3 Å². The van der Waals surface area contributed by atoms with Crippen LogP contribution in [0.3, 0.4) is 0 Å². The minimum atomic E-state index is 0.761. The van der Waals surface area contributed by atoms with Gasteiger partial charge in [0, 0.05) is 20.8 Å². The van der Waals surface area contributed by atoms with Gasteiger partial charge in [-0.3, -0.25) is 0 Å². The molecule has 0 aliphatic rings. The molecular formula is C20H12Cl2. The molecule has 0 saturated carbocycles. The van der Waals surface area contributed by atoms with Crippen molar-refractivity contribution in [2.45, 2.75) is 0 Å². The molecule has 0 N–H and O–H groups in total. The summed E-state index contributed by atoms with van der Waals surface area (Å²) in [6.07, 6.45) is 0. The second-order valence-corrected chi connectivity index (χ2v) is 6.10. The first kappa shape index (κ1) is 13.6. The van der Waals surface area contributed by atoms with Crippen LogP contribution in [-0.4, -0.2) is 0 Å². The van der Waals surface area contributed by atoms with Crippen LogP contribution < -0.4 is 0 Å². The summed E-state index contributed by atoms with van der Waals surface area (Å²) in [5.41, 5.74) is 2.23. The van der Waals surface area contributed by atoms with E-state index in [1.165, 1.54) is 0 Å². The van der Waals surface area contributed by atoms with Gasteiger partial charge in [-0.1, -0.05) is 83.9 Å². The Morgan fingerprint density at radius 2 is 0.818 bits per heavy atom. The fourth-order valence-electron chi connectivity index (χ4n) is 3.04. The van der Waals surface area contributed by atoms with Crippen molar-refractivity contribution in [1.82, 2.24) is 0 Å². The molecular weight excluding hydrogens is 311 g/mol. The van der Waals surface area contributed by atoms with Crippen LogP contribution in [0.5, 0.6) is 0 Å². The lowest BCUT2D eigenvalue weighted by Crippen LogP contribution is -1.85. The van der Waals surface area contributed by atoms with Crippen LogP contribution in [0.15, 0.2) is 72.8 Å². The zero-order chi connectivity index (χ0) is 15.1. The van der Waals surface area contributed by atoms with Crippen molar-refractivity contribution in [3.05, 3.63) is 82.8 Å². The molecule has 4 aromatic rings. The summed E-state index contributed by atoms with van der Waals surface area (Å²) < 4.78 is 0. The van der Waals surface area contributed by atoms with Gasteiger partial charge in [-0.2, -0.15) is 0 Å². The van der Waals surface area contributed by atoms with Crippen LogP contribution in [0.2, 0.25) is 10.0 Å². The molecule has 4 rings (SSSR count). The van der Waals surface area contributed by atoms with E-state index >= 15 is 0 Å². The van der Waals surface area contributed by atoms with Gasteiger partial charge in [0.1, 0.15) is 0 Å². The van der Waals surface area contributed by atoms with Crippen molar-refractivity contribution in [3.8, 4) is 11.1 Å². The Hall–Kier alpha value is -2.02. The molecule has 4 aromatic carbocycles. The van der Waals surface area contributed by atoms with Crippen molar-refractivity contribution >= 4 is 44.7 Å². The Balaban J connectivity index is 2.17. The minimum Gasteiger partial charge on any atom is -0.0836 e. The summed E-state index contributed by atoms with van der Waals surface area (Å²) in [4.78, 5) is 0. The van der Waals surface area contributed by atoms with Crippen LogP contribution in [0, 0.1) is 0 Å². The Bertz CT molecular complexity index is 909. The molecule has 0 saturated heterocycles. The van der Waals surface area contributed by atoms with Crippen LogP contribution >= 0.6 is 23.2 Å².